The molecule has 0 amide bonds. The Morgan fingerprint density at radius 1 is 1.05 bits per heavy atom. The Bertz CT molecular complexity index is 529. The molecule has 0 aromatic heterocycles. The lowest BCUT2D eigenvalue weighted by molar-refractivity contribution is 0.00452. The van der Waals surface area contributed by atoms with E-state index in [1.165, 1.54) is 0 Å². The Labute approximate surface area is 119 Å². The Morgan fingerprint density at radius 3 is 2.55 bits per heavy atom. The third-order valence-electron chi connectivity index (χ3n) is 2.90. The van der Waals surface area contributed by atoms with Gasteiger partial charge in [-0.2, -0.15) is 0 Å². The average molecular weight is 273 g/mol. The second kappa shape index (κ2) is 7.53. The van der Waals surface area contributed by atoms with E-state index < -0.39 is 0 Å². The van der Waals surface area contributed by atoms with Crippen LogP contribution in [0.15, 0.2) is 48.5 Å². The van der Waals surface area contributed by atoms with Crippen LogP contribution in [-0.4, -0.2) is 13.9 Å². The molecule has 0 bridgehead atoms. The van der Waals surface area contributed by atoms with Gasteiger partial charge in [0.05, 0.1) is 13.7 Å². The summed E-state index contributed by atoms with van der Waals surface area (Å²) in [6.07, 6.45) is 0. The molecule has 0 aliphatic rings. The van der Waals surface area contributed by atoms with E-state index in [9.17, 15) is 0 Å². The number of nitrogens with two attached hydrogens (primary N) is 1. The van der Waals surface area contributed by atoms with Crippen molar-refractivity contribution in [1.29, 1.82) is 0 Å². The molecule has 0 spiro atoms. The zero-order chi connectivity index (χ0) is 14.2. The summed E-state index contributed by atoms with van der Waals surface area (Å²) in [5.74, 6) is 1.49. The summed E-state index contributed by atoms with van der Waals surface area (Å²) >= 11 is 0. The van der Waals surface area contributed by atoms with Crippen LogP contribution in [0.2, 0.25) is 0 Å². The smallest absolute Gasteiger partial charge is 0.189 e. The molecule has 0 radical (unpaired) electrons. The predicted octanol–water partition coefficient (Wildman–Crippen LogP) is 2.71. The van der Waals surface area contributed by atoms with Crippen LogP contribution in [0.3, 0.4) is 0 Å². The van der Waals surface area contributed by atoms with Crippen LogP contribution in [0, 0.1) is 0 Å². The molecule has 0 atom stereocenters. The fourth-order valence-corrected chi connectivity index (χ4v) is 1.82. The summed E-state index contributed by atoms with van der Waals surface area (Å²) in [6, 6.07) is 15.5. The van der Waals surface area contributed by atoms with Crippen LogP contribution in [-0.2, 0) is 17.9 Å². The van der Waals surface area contributed by atoms with Crippen LogP contribution < -0.4 is 15.2 Å². The van der Waals surface area contributed by atoms with E-state index in [4.69, 9.17) is 19.9 Å². The maximum Gasteiger partial charge on any atom is 0.189 e. The third kappa shape index (κ3) is 3.98. The summed E-state index contributed by atoms with van der Waals surface area (Å²) in [7, 11) is 1.62. The number of hydrogen-bond acceptors (Lipinski definition) is 4. The molecule has 2 aromatic rings. The molecule has 0 aliphatic heterocycles. The van der Waals surface area contributed by atoms with E-state index in [1.54, 1.807) is 7.11 Å². The summed E-state index contributed by atoms with van der Waals surface area (Å²) in [6.45, 7) is 1.11. The standard InChI is InChI=1S/C16H19NO3/c1-18-15-7-8-16(14(9-15)10-17)20-12-19-11-13-5-3-2-4-6-13/h2-9H,10-12,17H2,1H3. The Kier molecular flexibility index (Phi) is 5.41. The van der Waals surface area contributed by atoms with Crippen molar-refractivity contribution in [3.8, 4) is 11.5 Å². The van der Waals surface area contributed by atoms with E-state index >= 15 is 0 Å². The van der Waals surface area contributed by atoms with Crippen LogP contribution in [0.25, 0.3) is 0 Å². The topological polar surface area (TPSA) is 53.7 Å². The van der Waals surface area contributed by atoms with Crippen molar-refractivity contribution < 1.29 is 14.2 Å². The third-order valence-corrected chi connectivity index (χ3v) is 2.90. The molecule has 20 heavy (non-hydrogen) atoms. The SMILES string of the molecule is COc1ccc(OCOCc2ccccc2)c(CN)c1. The minimum absolute atomic E-state index is 0.189. The van der Waals surface area contributed by atoms with Gasteiger partial charge >= 0.3 is 0 Å². The molecule has 0 saturated carbocycles. The highest BCUT2D eigenvalue weighted by atomic mass is 16.7. The molecule has 0 saturated heterocycles. The molecule has 2 N–H and O–H groups in total. The number of methoxy groups -OCH3 is 1. The highest BCUT2D eigenvalue weighted by Gasteiger charge is 2.04. The van der Waals surface area contributed by atoms with Gasteiger partial charge in [0.2, 0.25) is 0 Å². The normalized spacial score (nSPS) is 10.3. The molecular formula is C16H19NO3. The second-order valence-corrected chi connectivity index (χ2v) is 4.27. The zero-order valence-corrected chi connectivity index (χ0v) is 11.5. The molecule has 4 heteroatoms. The first-order chi connectivity index (χ1) is 9.83. The van der Waals surface area contributed by atoms with Crippen molar-refractivity contribution in [3.05, 3.63) is 59.7 Å². The van der Waals surface area contributed by atoms with Crippen LogP contribution in [0.1, 0.15) is 11.1 Å². The second-order valence-electron chi connectivity index (χ2n) is 4.27. The summed E-state index contributed by atoms with van der Waals surface area (Å²) in [5.41, 5.74) is 7.70. The van der Waals surface area contributed by atoms with Crippen molar-refractivity contribution in [1.82, 2.24) is 0 Å². The van der Waals surface area contributed by atoms with Crippen molar-refractivity contribution in [2.75, 3.05) is 13.9 Å². The van der Waals surface area contributed by atoms with Gasteiger partial charge in [-0.05, 0) is 23.8 Å². The van der Waals surface area contributed by atoms with Gasteiger partial charge in [0, 0.05) is 12.1 Å². The first-order valence-corrected chi connectivity index (χ1v) is 6.45. The van der Waals surface area contributed by atoms with Gasteiger partial charge < -0.3 is 19.9 Å². The number of benzene rings is 2. The molecule has 106 valence electrons. The van der Waals surface area contributed by atoms with Crippen molar-refractivity contribution in [2.45, 2.75) is 13.2 Å². The minimum Gasteiger partial charge on any atom is -0.497 e. The van der Waals surface area contributed by atoms with Gasteiger partial charge in [0.25, 0.3) is 0 Å². The largest absolute Gasteiger partial charge is 0.497 e. The number of ether oxygens (including phenoxy) is 3. The predicted molar refractivity (Wildman–Crippen MR) is 77.6 cm³/mol. The van der Waals surface area contributed by atoms with E-state index in [0.29, 0.717) is 13.2 Å². The molecule has 4 nitrogen and oxygen atoms in total. The lowest BCUT2D eigenvalue weighted by Gasteiger charge is -2.12. The number of hydrogen-bond donors (Lipinski definition) is 1. The van der Waals surface area contributed by atoms with Gasteiger partial charge in [0.1, 0.15) is 11.5 Å². The lowest BCUT2D eigenvalue weighted by atomic mass is 10.2. The van der Waals surface area contributed by atoms with Gasteiger partial charge in [-0.25, -0.2) is 0 Å². The Morgan fingerprint density at radius 2 is 1.85 bits per heavy atom. The molecule has 0 aliphatic carbocycles. The first-order valence-electron chi connectivity index (χ1n) is 6.45. The van der Waals surface area contributed by atoms with Gasteiger partial charge in [-0.3, -0.25) is 0 Å². The molecule has 0 unspecified atom stereocenters. The summed E-state index contributed by atoms with van der Waals surface area (Å²) in [4.78, 5) is 0. The first kappa shape index (κ1) is 14.4. The highest BCUT2D eigenvalue weighted by molar-refractivity contribution is 5.40. The van der Waals surface area contributed by atoms with Gasteiger partial charge in [-0.15, -0.1) is 0 Å². The van der Waals surface area contributed by atoms with Gasteiger partial charge in [-0.1, -0.05) is 30.3 Å². The van der Waals surface area contributed by atoms with Crippen LogP contribution >= 0.6 is 0 Å². The van der Waals surface area contributed by atoms with Crippen molar-refractivity contribution in [2.24, 2.45) is 5.73 Å². The lowest BCUT2D eigenvalue weighted by Crippen LogP contribution is -2.07. The molecular weight excluding hydrogens is 254 g/mol. The molecule has 0 fully saturated rings. The molecule has 2 rings (SSSR count). The van der Waals surface area contributed by atoms with E-state index in [-0.39, 0.29) is 6.79 Å². The summed E-state index contributed by atoms with van der Waals surface area (Å²) in [5, 5.41) is 0. The quantitative estimate of drug-likeness (QED) is 0.622. The minimum atomic E-state index is 0.189. The van der Waals surface area contributed by atoms with E-state index in [1.807, 2.05) is 48.5 Å². The molecule has 0 heterocycles. The Hall–Kier alpha value is -2.04. The average Bonchev–Trinajstić information content (AvgIpc) is 2.52. The fraction of sp³-hybridized carbons (Fsp3) is 0.250. The van der Waals surface area contributed by atoms with Crippen LogP contribution in [0.4, 0.5) is 0 Å². The Balaban J connectivity index is 1.85. The van der Waals surface area contributed by atoms with E-state index in [0.717, 1.165) is 22.6 Å². The van der Waals surface area contributed by atoms with Gasteiger partial charge in [0.15, 0.2) is 6.79 Å². The number of rotatable bonds is 7. The fourth-order valence-electron chi connectivity index (χ4n) is 1.82. The van der Waals surface area contributed by atoms with Crippen LogP contribution in [0.5, 0.6) is 11.5 Å². The maximum absolute atomic E-state index is 5.69. The molecule has 2 aromatic carbocycles. The zero-order valence-electron chi connectivity index (χ0n) is 11.5. The van der Waals surface area contributed by atoms with E-state index in [2.05, 4.69) is 0 Å². The summed E-state index contributed by atoms with van der Waals surface area (Å²) < 4.78 is 16.2. The van der Waals surface area contributed by atoms with Crippen molar-refractivity contribution >= 4 is 0 Å². The van der Waals surface area contributed by atoms with Crippen molar-refractivity contribution in [3.63, 3.8) is 0 Å². The monoisotopic (exact) mass is 273 g/mol. The maximum atomic E-state index is 5.69. The highest BCUT2D eigenvalue weighted by Crippen LogP contribution is 2.23.